The molecule has 4 heteroatoms. The molecule has 3 N–H and O–H groups in total. The lowest BCUT2D eigenvalue weighted by Crippen LogP contribution is -2.51. The average Bonchev–Trinajstić information content (AvgIpc) is 2.40. The Morgan fingerprint density at radius 1 is 1.42 bits per heavy atom. The second kappa shape index (κ2) is 7.56. The summed E-state index contributed by atoms with van der Waals surface area (Å²) in [6, 6.07) is 9.64. The molecule has 106 valence electrons. The minimum atomic E-state index is -0.979. The number of nitrogens with two attached hydrogens (primary N) is 1. The molecule has 0 fully saturated rings. The fraction of sp³-hybridized carbons (Fsp3) is 0.533. The molecule has 0 aliphatic carbocycles. The first-order chi connectivity index (χ1) is 8.98. The molecule has 0 saturated carbocycles. The van der Waals surface area contributed by atoms with Crippen LogP contribution < -0.4 is 11.1 Å². The van der Waals surface area contributed by atoms with Gasteiger partial charge in [-0.2, -0.15) is 11.8 Å². The molecule has 1 aromatic carbocycles. The minimum Gasteiger partial charge on any atom is -0.352 e. The number of hydrogen-bond acceptors (Lipinski definition) is 3. The molecule has 19 heavy (non-hydrogen) atoms. The molecular formula is C15H24N2OS. The Balaban J connectivity index is 2.57. The Labute approximate surface area is 120 Å². The highest BCUT2D eigenvalue weighted by molar-refractivity contribution is 7.99. The molecular weight excluding hydrogens is 256 g/mol. The first kappa shape index (κ1) is 16.1. The molecule has 0 radical (unpaired) electrons. The molecule has 0 heterocycles. The monoisotopic (exact) mass is 280 g/mol. The van der Waals surface area contributed by atoms with Gasteiger partial charge in [0.2, 0.25) is 5.91 Å². The Morgan fingerprint density at radius 2 is 2.05 bits per heavy atom. The van der Waals surface area contributed by atoms with E-state index in [9.17, 15) is 4.79 Å². The SMILES string of the molecule is CCSCCC(C)NC(=O)C(C)(N)c1ccccc1. The second-order valence-corrected chi connectivity index (χ2v) is 6.32. The van der Waals surface area contributed by atoms with Crippen LogP contribution in [0.4, 0.5) is 0 Å². The minimum absolute atomic E-state index is 0.118. The topological polar surface area (TPSA) is 55.1 Å². The highest BCUT2D eigenvalue weighted by Gasteiger charge is 2.30. The van der Waals surface area contributed by atoms with Crippen molar-refractivity contribution in [2.45, 2.75) is 38.8 Å². The van der Waals surface area contributed by atoms with Crippen LogP contribution in [0.2, 0.25) is 0 Å². The lowest BCUT2D eigenvalue weighted by atomic mass is 9.92. The van der Waals surface area contributed by atoms with E-state index in [1.165, 1.54) is 0 Å². The van der Waals surface area contributed by atoms with Gasteiger partial charge in [0.15, 0.2) is 0 Å². The summed E-state index contributed by atoms with van der Waals surface area (Å²) in [4.78, 5) is 12.3. The van der Waals surface area contributed by atoms with Gasteiger partial charge in [-0.25, -0.2) is 0 Å². The van der Waals surface area contributed by atoms with Crippen molar-refractivity contribution in [3.05, 3.63) is 35.9 Å². The van der Waals surface area contributed by atoms with Gasteiger partial charge in [0.25, 0.3) is 0 Å². The van der Waals surface area contributed by atoms with Crippen LogP contribution in [0.15, 0.2) is 30.3 Å². The first-order valence-corrected chi connectivity index (χ1v) is 7.87. The largest absolute Gasteiger partial charge is 0.352 e. The Bertz CT molecular complexity index is 392. The van der Waals surface area contributed by atoms with E-state index in [4.69, 9.17) is 5.73 Å². The Hall–Kier alpha value is -1.00. The van der Waals surface area contributed by atoms with Crippen molar-refractivity contribution in [1.29, 1.82) is 0 Å². The Kier molecular flexibility index (Phi) is 6.38. The maximum absolute atomic E-state index is 12.3. The lowest BCUT2D eigenvalue weighted by Gasteiger charge is -2.26. The van der Waals surface area contributed by atoms with Crippen LogP contribution in [-0.2, 0) is 10.3 Å². The van der Waals surface area contributed by atoms with Gasteiger partial charge in [-0.3, -0.25) is 4.79 Å². The number of carbonyl (C=O) groups excluding carboxylic acids is 1. The van der Waals surface area contributed by atoms with Crippen LogP contribution in [0.5, 0.6) is 0 Å². The van der Waals surface area contributed by atoms with Crippen molar-refractivity contribution in [3.8, 4) is 0 Å². The van der Waals surface area contributed by atoms with Gasteiger partial charge in [0.1, 0.15) is 5.54 Å². The molecule has 1 rings (SSSR count). The summed E-state index contributed by atoms with van der Waals surface area (Å²) in [6.45, 7) is 5.92. The number of benzene rings is 1. The van der Waals surface area contributed by atoms with E-state index in [0.29, 0.717) is 0 Å². The van der Waals surface area contributed by atoms with Gasteiger partial charge >= 0.3 is 0 Å². The molecule has 1 amide bonds. The molecule has 0 bridgehead atoms. The van der Waals surface area contributed by atoms with Crippen LogP contribution in [0.25, 0.3) is 0 Å². The summed E-state index contributed by atoms with van der Waals surface area (Å²) in [6.07, 6.45) is 0.967. The summed E-state index contributed by atoms with van der Waals surface area (Å²) < 4.78 is 0. The first-order valence-electron chi connectivity index (χ1n) is 6.71. The van der Waals surface area contributed by atoms with Crippen LogP contribution in [0, 0.1) is 0 Å². The van der Waals surface area contributed by atoms with Gasteiger partial charge < -0.3 is 11.1 Å². The van der Waals surface area contributed by atoms with Crippen molar-refractivity contribution in [3.63, 3.8) is 0 Å². The molecule has 0 saturated heterocycles. The van der Waals surface area contributed by atoms with E-state index in [2.05, 4.69) is 12.2 Å². The van der Waals surface area contributed by atoms with Crippen LogP contribution in [-0.4, -0.2) is 23.5 Å². The summed E-state index contributed by atoms with van der Waals surface area (Å²) in [5, 5.41) is 3.00. The standard InChI is InChI=1S/C15H24N2OS/c1-4-19-11-10-12(2)17-14(18)15(3,16)13-8-6-5-7-9-13/h5-9,12H,4,10-11,16H2,1-3H3,(H,17,18). The lowest BCUT2D eigenvalue weighted by molar-refractivity contribution is -0.126. The van der Waals surface area contributed by atoms with Crippen molar-refractivity contribution < 1.29 is 4.79 Å². The highest BCUT2D eigenvalue weighted by atomic mass is 32.2. The zero-order valence-corrected chi connectivity index (χ0v) is 12.8. The zero-order valence-electron chi connectivity index (χ0n) is 12.0. The normalized spacial score (nSPS) is 15.6. The third-order valence-corrected chi connectivity index (χ3v) is 4.05. The summed E-state index contributed by atoms with van der Waals surface area (Å²) in [7, 11) is 0. The van der Waals surface area contributed by atoms with Gasteiger partial charge in [0.05, 0.1) is 0 Å². The number of carbonyl (C=O) groups is 1. The number of amides is 1. The van der Waals surface area contributed by atoms with Crippen molar-refractivity contribution in [2.75, 3.05) is 11.5 Å². The van der Waals surface area contributed by atoms with Crippen LogP contribution in [0.3, 0.4) is 0 Å². The quantitative estimate of drug-likeness (QED) is 0.755. The number of nitrogens with one attached hydrogen (secondary N) is 1. The van der Waals surface area contributed by atoms with Gasteiger partial charge in [0, 0.05) is 6.04 Å². The third kappa shape index (κ3) is 4.88. The zero-order chi connectivity index (χ0) is 14.3. The summed E-state index contributed by atoms with van der Waals surface area (Å²) in [5.41, 5.74) is 6.02. The van der Waals surface area contributed by atoms with Gasteiger partial charge in [-0.15, -0.1) is 0 Å². The van der Waals surface area contributed by atoms with E-state index in [0.717, 1.165) is 23.5 Å². The molecule has 2 atom stereocenters. The number of rotatable bonds is 7. The second-order valence-electron chi connectivity index (χ2n) is 4.93. The predicted molar refractivity (Wildman–Crippen MR) is 83.2 cm³/mol. The van der Waals surface area contributed by atoms with Gasteiger partial charge in [-0.1, -0.05) is 37.3 Å². The number of thioether (sulfide) groups is 1. The molecule has 0 aromatic heterocycles. The van der Waals surface area contributed by atoms with E-state index >= 15 is 0 Å². The highest BCUT2D eigenvalue weighted by Crippen LogP contribution is 2.17. The van der Waals surface area contributed by atoms with E-state index in [1.807, 2.05) is 49.0 Å². The fourth-order valence-electron chi connectivity index (χ4n) is 1.77. The van der Waals surface area contributed by atoms with E-state index in [-0.39, 0.29) is 11.9 Å². The maximum Gasteiger partial charge on any atom is 0.244 e. The van der Waals surface area contributed by atoms with Crippen molar-refractivity contribution in [1.82, 2.24) is 5.32 Å². The maximum atomic E-state index is 12.3. The fourth-order valence-corrected chi connectivity index (χ4v) is 2.57. The van der Waals surface area contributed by atoms with E-state index in [1.54, 1.807) is 6.92 Å². The number of hydrogen-bond donors (Lipinski definition) is 2. The predicted octanol–water partition coefficient (Wildman–Crippen LogP) is 2.51. The molecule has 0 aliphatic rings. The van der Waals surface area contributed by atoms with Crippen LogP contribution in [0.1, 0.15) is 32.8 Å². The van der Waals surface area contributed by atoms with Gasteiger partial charge in [-0.05, 0) is 37.3 Å². The molecule has 2 unspecified atom stereocenters. The van der Waals surface area contributed by atoms with Crippen molar-refractivity contribution in [2.24, 2.45) is 5.73 Å². The molecule has 0 spiro atoms. The molecule has 3 nitrogen and oxygen atoms in total. The summed E-state index contributed by atoms with van der Waals surface area (Å²) >= 11 is 1.88. The molecule has 0 aliphatic heterocycles. The Morgan fingerprint density at radius 3 is 2.63 bits per heavy atom. The average molecular weight is 280 g/mol. The summed E-state index contributed by atoms with van der Waals surface area (Å²) in [5.74, 6) is 2.05. The van der Waals surface area contributed by atoms with Crippen molar-refractivity contribution >= 4 is 17.7 Å². The van der Waals surface area contributed by atoms with E-state index < -0.39 is 5.54 Å². The third-order valence-electron chi connectivity index (χ3n) is 3.12. The van der Waals surface area contributed by atoms with Crippen LogP contribution >= 0.6 is 11.8 Å². The smallest absolute Gasteiger partial charge is 0.244 e. The molecule has 1 aromatic rings.